The lowest BCUT2D eigenvalue weighted by molar-refractivity contribution is 0.0584. The van der Waals surface area contributed by atoms with Crippen molar-refractivity contribution in [3.8, 4) is 0 Å². The molecular formula is C9H15NO7S. The van der Waals surface area contributed by atoms with Gasteiger partial charge in [-0.25, -0.2) is 4.79 Å². The lowest BCUT2D eigenvalue weighted by Crippen LogP contribution is -2.27. The highest BCUT2D eigenvalue weighted by molar-refractivity contribution is 7.85. The van der Waals surface area contributed by atoms with Crippen LogP contribution in [0.15, 0.2) is 11.5 Å². The molecule has 1 heterocycles. The number of amides is 1. The van der Waals surface area contributed by atoms with Crippen LogP contribution in [0.4, 0.5) is 4.79 Å². The van der Waals surface area contributed by atoms with Gasteiger partial charge in [0.05, 0.1) is 5.75 Å². The van der Waals surface area contributed by atoms with E-state index in [1.54, 1.807) is 6.92 Å². The number of rotatable bonds is 6. The maximum Gasteiger partial charge on any atom is 0.407 e. The molecule has 0 aliphatic carbocycles. The molecule has 0 atom stereocenters. The molecule has 1 amide bonds. The molecule has 0 aromatic carbocycles. The van der Waals surface area contributed by atoms with E-state index in [0.29, 0.717) is 11.5 Å². The molecule has 0 aromatic rings. The Labute approximate surface area is 105 Å². The zero-order valence-corrected chi connectivity index (χ0v) is 10.7. The molecule has 0 radical (unpaired) electrons. The smallest absolute Gasteiger partial charge is 0.407 e. The molecule has 0 saturated heterocycles. The molecule has 0 bridgehead atoms. The van der Waals surface area contributed by atoms with Crippen molar-refractivity contribution < 1.29 is 32.0 Å². The van der Waals surface area contributed by atoms with Crippen LogP contribution in [-0.2, 0) is 24.3 Å². The minimum absolute atomic E-state index is 0.0457. The van der Waals surface area contributed by atoms with E-state index in [1.165, 1.54) is 0 Å². The minimum Gasteiger partial charge on any atom is -0.459 e. The number of allylic oxidation sites excluding steroid dienone is 1. The number of nitrogens with one attached hydrogen (secondary N) is 1. The van der Waals surface area contributed by atoms with Gasteiger partial charge in [0.2, 0.25) is 6.79 Å². The Morgan fingerprint density at radius 1 is 1.50 bits per heavy atom. The Morgan fingerprint density at radius 2 is 2.22 bits per heavy atom. The monoisotopic (exact) mass is 281 g/mol. The Bertz CT molecular complexity index is 428. The summed E-state index contributed by atoms with van der Waals surface area (Å²) in [6, 6.07) is 0. The van der Waals surface area contributed by atoms with Crippen LogP contribution < -0.4 is 5.32 Å². The van der Waals surface area contributed by atoms with E-state index in [0.717, 1.165) is 0 Å². The molecule has 0 fully saturated rings. The van der Waals surface area contributed by atoms with E-state index in [1.807, 2.05) is 0 Å². The van der Waals surface area contributed by atoms with E-state index in [4.69, 9.17) is 18.8 Å². The van der Waals surface area contributed by atoms with Gasteiger partial charge in [-0.1, -0.05) is 0 Å². The summed E-state index contributed by atoms with van der Waals surface area (Å²) < 4.78 is 44.0. The summed E-state index contributed by atoms with van der Waals surface area (Å²) >= 11 is 0. The average molecular weight is 281 g/mol. The maximum atomic E-state index is 11.2. The number of alkyl carbamates (subject to hydrolysis) is 1. The molecule has 9 heteroatoms. The van der Waals surface area contributed by atoms with Gasteiger partial charge in [0.1, 0.15) is 5.76 Å². The van der Waals surface area contributed by atoms with Crippen molar-refractivity contribution in [1.82, 2.24) is 5.32 Å². The normalized spacial score (nSPS) is 15.0. The van der Waals surface area contributed by atoms with Crippen LogP contribution in [0.5, 0.6) is 0 Å². The first-order valence-electron chi connectivity index (χ1n) is 5.19. The summed E-state index contributed by atoms with van der Waals surface area (Å²) in [6.07, 6.45) is -0.587. The topological polar surface area (TPSA) is 111 Å². The molecule has 0 spiro atoms. The van der Waals surface area contributed by atoms with Gasteiger partial charge in [0.15, 0.2) is 12.4 Å². The average Bonchev–Trinajstić information content (AvgIpc) is 2.66. The zero-order chi connectivity index (χ0) is 13.6. The highest BCUT2D eigenvalue weighted by Gasteiger charge is 2.15. The fourth-order valence-corrected chi connectivity index (χ4v) is 1.65. The van der Waals surface area contributed by atoms with Crippen LogP contribution in [0.3, 0.4) is 0 Å². The van der Waals surface area contributed by atoms with Gasteiger partial charge < -0.3 is 19.5 Å². The third-order valence-corrected chi connectivity index (χ3v) is 2.89. The number of carbonyl (C=O) groups is 1. The number of hydrogen-bond acceptors (Lipinski definition) is 6. The second-order valence-corrected chi connectivity index (χ2v) is 5.10. The molecule has 0 aromatic heterocycles. The first-order valence-corrected chi connectivity index (χ1v) is 6.80. The summed E-state index contributed by atoms with van der Waals surface area (Å²) in [5.41, 5.74) is 0. The molecule has 2 N–H and O–H groups in total. The summed E-state index contributed by atoms with van der Waals surface area (Å²) in [7, 11) is -3.99. The number of carbonyl (C=O) groups excluding carboxylic acids is 1. The van der Waals surface area contributed by atoms with Gasteiger partial charge in [-0.3, -0.25) is 4.55 Å². The third-order valence-electron chi connectivity index (χ3n) is 2.08. The van der Waals surface area contributed by atoms with Crippen molar-refractivity contribution in [3.63, 3.8) is 0 Å². The number of ether oxygens (including phenoxy) is 3. The van der Waals surface area contributed by atoms with Gasteiger partial charge in [0.25, 0.3) is 10.1 Å². The quantitative estimate of drug-likeness (QED) is 0.529. The second-order valence-electron chi connectivity index (χ2n) is 3.53. The van der Waals surface area contributed by atoms with Crippen molar-refractivity contribution in [2.24, 2.45) is 0 Å². The first-order chi connectivity index (χ1) is 8.38. The van der Waals surface area contributed by atoms with Crippen LogP contribution >= 0.6 is 0 Å². The standard InChI is InChI=1S/C9H15NO7S/c1-7-8(17-6-16-7)5-15-9(11)10-3-2-4-18(12,13)14/h2-6H2,1H3,(H,10,11)(H,12,13,14). The van der Waals surface area contributed by atoms with Crippen molar-refractivity contribution >= 4 is 16.2 Å². The Morgan fingerprint density at radius 3 is 2.78 bits per heavy atom. The van der Waals surface area contributed by atoms with Crippen LogP contribution in [0, 0.1) is 0 Å². The van der Waals surface area contributed by atoms with Gasteiger partial charge >= 0.3 is 6.09 Å². The molecule has 18 heavy (non-hydrogen) atoms. The fraction of sp³-hybridized carbons (Fsp3) is 0.667. The van der Waals surface area contributed by atoms with Gasteiger partial charge in [-0.2, -0.15) is 8.42 Å². The zero-order valence-electron chi connectivity index (χ0n) is 9.84. The lowest BCUT2D eigenvalue weighted by atomic mass is 10.4. The highest BCUT2D eigenvalue weighted by Crippen LogP contribution is 2.15. The number of hydrogen-bond donors (Lipinski definition) is 2. The predicted molar refractivity (Wildman–Crippen MR) is 60.1 cm³/mol. The van der Waals surface area contributed by atoms with Crippen molar-refractivity contribution in [2.45, 2.75) is 13.3 Å². The predicted octanol–water partition coefficient (Wildman–Crippen LogP) is 0.226. The van der Waals surface area contributed by atoms with E-state index >= 15 is 0 Å². The van der Waals surface area contributed by atoms with Gasteiger partial charge in [0, 0.05) is 6.54 Å². The Hall–Kier alpha value is -1.48. The summed E-state index contributed by atoms with van der Waals surface area (Å²) in [4.78, 5) is 11.2. The summed E-state index contributed by atoms with van der Waals surface area (Å²) in [6.45, 7) is 1.85. The maximum absolute atomic E-state index is 11.2. The molecule has 1 aliphatic rings. The molecule has 1 aliphatic heterocycles. The van der Waals surface area contributed by atoms with Crippen molar-refractivity contribution in [2.75, 3.05) is 25.7 Å². The molecule has 0 saturated carbocycles. The van der Waals surface area contributed by atoms with E-state index < -0.39 is 22.0 Å². The Balaban J connectivity index is 2.13. The van der Waals surface area contributed by atoms with Crippen LogP contribution in [0.25, 0.3) is 0 Å². The molecule has 0 unspecified atom stereocenters. The van der Waals surface area contributed by atoms with E-state index in [2.05, 4.69) is 5.32 Å². The Kier molecular flexibility index (Phi) is 5.23. The molecule has 1 rings (SSSR count). The van der Waals surface area contributed by atoms with Crippen LogP contribution in [0.1, 0.15) is 13.3 Å². The summed E-state index contributed by atoms with van der Waals surface area (Å²) in [5, 5.41) is 2.34. The van der Waals surface area contributed by atoms with Gasteiger partial charge in [-0.05, 0) is 13.3 Å². The van der Waals surface area contributed by atoms with Crippen LogP contribution in [0.2, 0.25) is 0 Å². The second kappa shape index (κ2) is 6.45. The fourth-order valence-electron chi connectivity index (χ4n) is 1.14. The van der Waals surface area contributed by atoms with Crippen molar-refractivity contribution in [3.05, 3.63) is 11.5 Å². The molecule has 104 valence electrons. The largest absolute Gasteiger partial charge is 0.459 e. The summed E-state index contributed by atoms with van der Waals surface area (Å²) in [5.74, 6) is 0.603. The van der Waals surface area contributed by atoms with E-state index in [9.17, 15) is 13.2 Å². The third kappa shape index (κ3) is 5.73. The highest BCUT2D eigenvalue weighted by atomic mass is 32.2. The lowest BCUT2D eigenvalue weighted by Gasteiger charge is -2.06. The van der Waals surface area contributed by atoms with Gasteiger partial charge in [-0.15, -0.1) is 0 Å². The van der Waals surface area contributed by atoms with Crippen LogP contribution in [-0.4, -0.2) is 44.8 Å². The minimum atomic E-state index is -3.99. The molecular weight excluding hydrogens is 266 g/mol. The SMILES string of the molecule is CC1=C(COC(=O)NCCCS(=O)(=O)O)OCO1. The van der Waals surface area contributed by atoms with Crippen molar-refractivity contribution in [1.29, 1.82) is 0 Å². The molecule has 8 nitrogen and oxygen atoms in total. The van der Waals surface area contributed by atoms with E-state index in [-0.39, 0.29) is 26.4 Å². The first kappa shape index (κ1) is 14.6.